The van der Waals surface area contributed by atoms with E-state index in [1.807, 2.05) is 0 Å². The second kappa shape index (κ2) is 6.66. The third-order valence-corrected chi connectivity index (χ3v) is 3.06. The van der Waals surface area contributed by atoms with E-state index in [0.29, 0.717) is 10.7 Å². The molecule has 1 aromatic heterocycles. The van der Waals surface area contributed by atoms with Crippen LogP contribution in [-0.4, -0.2) is 27.8 Å². The average molecular weight is 308 g/mol. The van der Waals surface area contributed by atoms with E-state index < -0.39 is 16.4 Å². The Hall–Kier alpha value is -2.68. The van der Waals surface area contributed by atoms with Crippen LogP contribution < -0.4 is 10.2 Å². The van der Waals surface area contributed by atoms with Crippen LogP contribution in [0, 0.1) is 10.1 Å². The van der Waals surface area contributed by atoms with Crippen LogP contribution in [0.5, 0.6) is 11.5 Å². The van der Waals surface area contributed by atoms with Crippen LogP contribution in [0.15, 0.2) is 28.8 Å². The topological polar surface area (TPSA) is 110 Å². The maximum Gasteiger partial charge on any atom is 0.315 e. The molecule has 0 saturated heterocycles. The summed E-state index contributed by atoms with van der Waals surface area (Å²) in [6.07, 6.45) is 3.01. The standard InChI is InChI=1S/C12H12N4O4S/c1-2-20-10-6-8(5-9(11(10)17)16(18)19)7-14-15-12-13-3-4-21-12/h3-7,17H,2H2,1H3,(H,13,15)/b14-7-. The van der Waals surface area contributed by atoms with Crippen LogP contribution in [0.1, 0.15) is 12.5 Å². The smallest absolute Gasteiger partial charge is 0.315 e. The van der Waals surface area contributed by atoms with Crippen LogP contribution in [0.3, 0.4) is 0 Å². The summed E-state index contributed by atoms with van der Waals surface area (Å²) in [5.74, 6) is -0.450. The zero-order chi connectivity index (χ0) is 15.2. The van der Waals surface area contributed by atoms with Crippen LogP contribution in [0.25, 0.3) is 0 Å². The van der Waals surface area contributed by atoms with Crippen LogP contribution >= 0.6 is 11.3 Å². The number of hydrazone groups is 1. The quantitative estimate of drug-likeness (QED) is 0.482. The SMILES string of the molecule is CCOc1cc(/C=N\Nc2nccs2)cc([N+](=O)[O-])c1O. The third kappa shape index (κ3) is 3.66. The fraction of sp³-hybridized carbons (Fsp3) is 0.167. The molecule has 0 fully saturated rings. The molecule has 1 heterocycles. The van der Waals surface area contributed by atoms with Crippen molar-refractivity contribution in [2.24, 2.45) is 5.10 Å². The van der Waals surface area contributed by atoms with E-state index in [9.17, 15) is 15.2 Å². The number of phenolic OH excluding ortho intramolecular Hbond substituents is 1. The maximum atomic E-state index is 10.9. The molecule has 21 heavy (non-hydrogen) atoms. The third-order valence-electron chi connectivity index (χ3n) is 2.38. The number of hydrogen-bond donors (Lipinski definition) is 2. The predicted octanol–water partition coefficient (Wildman–Crippen LogP) is 2.60. The Morgan fingerprint density at radius 2 is 2.43 bits per heavy atom. The summed E-state index contributed by atoms with van der Waals surface area (Å²) in [4.78, 5) is 14.2. The van der Waals surface area contributed by atoms with Crippen LogP contribution in [-0.2, 0) is 0 Å². The first-order chi connectivity index (χ1) is 10.1. The van der Waals surface area contributed by atoms with Gasteiger partial charge in [0.05, 0.1) is 17.7 Å². The molecule has 0 spiro atoms. The molecule has 0 aliphatic carbocycles. The van der Waals surface area contributed by atoms with Crippen LogP contribution in [0.2, 0.25) is 0 Å². The van der Waals surface area contributed by atoms with Crippen molar-refractivity contribution in [1.29, 1.82) is 0 Å². The summed E-state index contributed by atoms with van der Waals surface area (Å²) < 4.78 is 5.17. The van der Waals surface area contributed by atoms with Gasteiger partial charge in [-0.15, -0.1) is 11.3 Å². The number of nitro benzene ring substituents is 1. The minimum absolute atomic E-state index is 0.0439. The highest BCUT2D eigenvalue weighted by molar-refractivity contribution is 7.13. The first-order valence-corrected chi connectivity index (χ1v) is 6.82. The van der Waals surface area contributed by atoms with E-state index in [4.69, 9.17) is 4.74 Å². The number of nitrogens with one attached hydrogen (secondary N) is 1. The number of thiazole rings is 1. The molecule has 1 aromatic carbocycles. The van der Waals surface area contributed by atoms with Gasteiger partial charge in [0.1, 0.15) is 0 Å². The lowest BCUT2D eigenvalue weighted by Crippen LogP contribution is -1.98. The second-order valence-corrected chi connectivity index (χ2v) is 4.68. The summed E-state index contributed by atoms with van der Waals surface area (Å²) in [7, 11) is 0. The van der Waals surface area contributed by atoms with Gasteiger partial charge in [-0.25, -0.2) is 4.98 Å². The van der Waals surface area contributed by atoms with Gasteiger partial charge in [-0.1, -0.05) is 0 Å². The van der Waals surface area contributed by atoms with E-state index >= 15 is 0 Å². The number of nitro groups is 1. The van der Waals surface area contributed by atoms with Gasteiger partial charge in [-0.3, -0.25) is 15.5 Å². The molecule has 0 unspecified atom stereocenters. The summed E-state index contributed by atoms with van der Waals surface area (Å²) >= 11 is 1.37. The van der Waals surface area contributed by atoms with E-state index in [2.05, 4.69) is 15.5 Å². The number of rotatable bonds is 6. The van der Waals surface area contributed by atoms with E-state index in [0.717, 1.165) is 0 Å². The van der Waals surface area contributed by atoms with Gasteiger partial charge < -0.3 is 9.84 Å². The Bertz CT molecular complexity index is 658. The molecule has 0 atom stereocenters. The minimum atomic E-state index is -0.677. The fourth-order valence-electron chi connectivity index (χ4n) is 1.53. The molecule has 2 N–H and O–H groups in total. The van der Waals surface area contributed by atoms with Crippen molar-refractivity contribution >= 4 is 28.4 Å². The Labute approximate surface area is 123 Å². The predicted molar refractivity (Wildman–Crippen MR) is 79.3 cm³/mol. The van der Waals surface area contributed by atoms with Gasteiger partial charge in [0.2, 0.25) is 10.9 Å². The summed E-state index contributed by atoms with van der Waals surface area (Å²) in [6.45, 7) is 2.00. The Kier molecular flexibility index (Phi) is 4.67. The number of nitrogens with zero attached hydrogens (tertiary/aromatic N) is 3. The number of benzene rings is 1. The number of aromatic hydroxyl groups is 1. The van der Waals surface area contributed by atoms with Crippen molar-refractivity contribution in [1.82, 2.24) is 4.98 Å². The first kappa shape index (κ1) is 14.7. The molecule has 0 bridgehead atoms. The number of hydrogen-bond acceptors (Lipinski definition) is 8. The molecular formula is C12H12N4O4S. The monoisotopic (exact) mass is 308 g/mol. The van der Waals surface area contributed by atoms with Gasteiger partial charge in [-0.2, -0.15) is 5.10 Å². The van der Waals surface area contributed by atoms with Crippen molar-refractivity contribution < 1.29 is 14.8 Å². The Morgan fingerprint density at radius 1 is 1.62 bits per heavy atom. The zero-order valence-corrected chi connectivity index (χ0v) is 11.8. The Morgan fingerprint density at radius 3 is 3.05 bits per heavy atom. The van der Waals surface area contributed by atoms with Crippen molar-refractivity contribution in [3.05, 3.63) is 39.4 Å². The Balaban J connectivity index is 2.25. The van der Waals surface area contributed by atoms with Crippen molar-refractivity contribution in [3.8, 4) is 11.5 Å². The largest absolute Gasteiger partial charge is 0.500 e. The minimum Gasteiger partial charge on any atom is -0.500 e. The molecular weight excluding hydrogens is 296 g/mol. The summed E-state index contributed by atoms with van der Waals surface area (Å²) in [6, 6.07) is 2.68. The van der Waals surface area contributed by atoms with Gasteiger partial charge in [0, 0.05) is 23.2 Å². The lowest BCUT2D eigenvalue weighted by molar-refractivity contribution is -0.386. The molecule has 0 amide bonds. The normalized spacial score (nSPS) is 10.7. The molecule has 0 aliphatic rings. The molecule has 8 nitrogen and oxygen atoms in total. The van der Waals surface area contributed by atoms with Crippen molar-refractivity contribution in [3.63, 3.8) is 0 Å². The number of anilines is 1. The number of ether oxygens (including phenoxy) is 1. The van der Waals surface area contributed by atoms with Gasteiger partial charge in [-0.05, 0) is 13.0 Å². The number of phenols is 1. The fourth-order valence-corrected chi connectivity index (χ4v) is 2.01. The van der Waals surface area contributed by atoms with E-state index in [1.54, 1.807) is 18.5 Å². The number of aromatic nitrogens is 1. The van der Waals surface area contributed by atoms with Crippen molar-refractivity contribution in [2.45, 2.75) is 6.92 Å². The summed E-state index contributed by atoms with van der Waals surface area (Å²) in [5.41, 5.74) is 2.68. The molecule has 2 aromatic rings. The van der Waals surface area contributed by atoms with Gasteiger partial charge >= 0.3 is 5.69 Å². The van der Waals surface area contributed by atoms with Gasteiger partial charge in [0.25, 0.3) is 0 Å². The molecule has 9 heteroatoms. The summed E-state index contributed by atoms with van der Waals surface area (Å²) in [5, 5.41) is 27.0. The first-order valence-electron chi connectivity index (χ1n) is 5.94. The van der Waals surface area contributed by atoms with E-state index in [1.165, 1.54) is 29.7 Å². The highest BCUT2D eigenvalue weighted by Crippen LogP contribution is 2.36. The molecule has 0 radical (unpaired) electrons. The molecule has 0 aliphatic heterocycles. The highest BCUT2D eigenvalue weighted by Gasteiger charge is 2.19. The second-order valence-electron chi connectivity index (χ2n) is 3.78. The average Bonchev–Trinajstić information content (AvgIpc) is 2.95. The zero-order valence-electron chi connectivity index (χ0n) is 11.0. The molecule has 2 rings (SSSR count). The lowest BCUT2D eigenvalue weighted by Gasteiger charge is -2.07. The highest BCUT2D eigenvalue weighted by atomic mass is 32.1. The molecule has 0 saturated carbocycles. The maximum absolute atomic E-state index is 10.9. The van der Waals surface area contributed by atoms with E-state index in [-0.39, 0.29) is 12.4 Å². The van der Waals surface area contributed by atoms with Gasteiger partial charge in [0.15, 0.2) is 5.75 Å². The van der Waals surface area contributed by atoms with Crippen LogP contribution in [0.4, 0.5) is 10.8 Å². The lowest BCUT2D eigenvalue weighted by atomic mass is 10.2. The van der Waals surface area contributed by atoms with Crippen molar-refractivity contribution in [2.75, 3.05) is 12.0 Å². The molecule has 110 valence electrons.